The van der Waals surface area contributed by atoms with E-state index in [9.17, 15) is 9.59 Å². The minimum Gasteiger partial charge on any atom is -0.489 e. The molecule has 0 bridgehead atoms. The molecule has 1 saturated heterocycles. The van der Waals surface area contributed by atoms with Gasteiger partial charge in [0.1, 0.15) is 12.4 Å². The standard InChI is InChI=1S/C26H27N3O3/c30-25(21-15-17-29(18-16-21)26(31)28-22-9-5-2-6-10-22)27-23-11-13-24(14-12-23)32-19-20-7-3-1-4-8-20/h1-14,21H,15-19H2,(H,27,30)(H,28,31). The number of piperidine rings is 1. The molecule has 1 aliphatic rings. The molecule has 0 radical (unpaired) electrons. The quantitative estimate of drug-likeness (QED) is 0.569. The van der Waals surface area contributed by atoms with Gasteiger partial charge in [0.05, 0.1) is 0 Å². The number of urea groups is 1. The number of carbonyl (C=O) groups excluding carboxylic acids is 2. The lowest BCUT2D eigenvalue weighted by atomic mass is 9.96. The summed E-state index contributed by atoms with van der Waals surface area (Å²) in [5.74, 6) is 0.639. The lowest BCUT2D eigenvalue weighted by Crippen LogP contribution is -2.43. The summed E-state index contributed by atoms with van der Waals surface area (Å²) in [5, 5.41) is 5.88. The van der Waals surface area contributed by atoms with Gasteiger partial charge in [-0.15, -0.1) is 0 Å². The summed E-state index contributed by atoms with van der Waals surface area (Å²) in [5.41, 5.74) is 2.62. The second kappa shape index (κ2) is 10.5. The maximum atomic E-state index is 12.7. The Morgan fingerprint density at radius 2 is 1.38 bits per heavy atom. The van der Waals surface area contributed by atoms with Crippen molar-refractivity contribution >= 4 is 23.3 Å². The van der Waals surface area contributed by atoms with Crippen LogP contribution in [0.4, 0.5) is 16.2 Å². The molecular weight excluding hydrogens is 402 g/mol. The first-order valence-electron chi connectivity index (χ1n) is 10.9. The number of amides is 3. The molecule has 4 rings (SSSR count). The average molecular weight is 430 g/mol. The lowest BCUT2D eigenvalue weighted by Gasteiger charge is -2.31. The highest BCUT2D eigenvalue weighted by Crippen LogP contribution is 2.22. The van der Waals surface area contributed by atoms with Gasteiger partial charge in [0, 0.05) is 30.4 Å². The Bertz CT molecular complexity index is 1020. The van der Waals surface area contributed by atoms with Crippen LogP contribution in [0.1, 0.15) is 18.4 Å². The van der Waals surface area contributed by atoms with Crippen LogP contribution in [0.5, 0.6) is 5.75 Å². The van der Waals surface area contributed by atoms with Gasteiger partial charge in [-0.25, -0.2) is 4.79 Å². The fraction of sp³-hybridized carbons (Fsp3) is 0.231. The van der Waals surface area contributed by atoms with Crippen molar-refractivity contribution in [3.05, 3.63) is 90.5 Å². The molecule has 0 atom stereocenters. The van der Waals surface area contributed by atoms with E-state index in [2.05, 4.69) is 10.6 Å². The van der Waals surface area contributed by atoms with E-state index in [4.69, 9.17) is 4.74 Å². The highest BCUT2D eigenvalue weighted by Gasteiger charge is 2.27. The van der Waals surface area contributed by atoms with Gasteiger partial charge in [-0.3, -0.25) is 4.79 Å². The van der Waals surface area contributed by atoms with Gasteiger partial charge in [-0.2, -0.15) is 0 Å². The van der Waals surface area contributed by atoms with Gasteiger partial charge in [0.2, 0.25) is 5.91 Å². The topological polar surface area (TPSA) is 70.7 Å². The molecule has 0 aliphatic carbocycles. The van der Waals surface area contributed by atoms with Crippen LogP contribution in [-0.2, 0) is 11.4 Å². The van der Waals surface area contributed by atoms with Crippen molar-refractivity contribution in [2.24, 2.45) is 5.92 Å². The number of rotatable bonds is 6. The Morgan fingerprint density at radius 3 is 2.03 bits per heavy atom. The minimum absolute atomic E-state index is 0.00827. The second-order valence-electron chi connectivity index (χ2n) is 7.85. The maximum absolute atomic E-state index is 12.7. The third-order valence-electron chi connectivity index (χ3n) is 5.55. The van der Waals surface area contributed by atoms with Crippen molar-refractivity contribution in [1.29, 1.82) is 0 Å². The molecule has 0 saturated carbocycles. The Labute approximate surface area is 188 Å². The Morgan fingerprint density at radius 1 is 0.781 bits per heavy atom. The van der Waals surface area contributed by atoms with Crippen molar-refractivity contribution < 1.29 is 14.3 Å². The molecule has 0 unspecified atom stereocenters. The summed E-state index contributed by atoms with van der Waals surface area (Å²) in [6.07, 6.45) is 1.29. The zero-order valence-corrected chi connectivity index (χ0v) is 17.9. The number of nitrogens with zero attached hydrogens (tertiary/aromatic N) is 1. The largest absolute Gasteiger partial charge is 0.489 e. The number of nitrogens with one attached hydrogen (secondary N) is 2. The lowest BCUT2D eigenvalue weighted by molar-refractivity contribution is -0.121. The maximum Gasteiger partial charge on any atom is 0.321 e. The Hall–Kier alpha value is -3.80. The molecule has 1 heterocycles. The number of carbonyl (C=O) groups is 2. The summed E-state index contributed by atoms with van der Waals surface area (Å²) >= 11 is 0. The van der Waals surface area contributed by atoms with Crippen molar-refractivity contribution in [1.82, 2.24) is 4.90 Å². The van der Waals surface area contributed by atoms with Crippen molar-refractivity contribution in [3.63, 3.8) is 0 Å². The van der Waals surface area contributed by atoms with E-state index in [-0.39, 0.29) is 17.9 Å². The molecule has 3 aromatic carbocycles. The first kappa shape index (κ1) is 21.4. The number of likely N-dealkylation sites (tertiary alicyclic amines) is 1. The van der Waals surface area contributed by atoms with Crippen molar-refractivity contribution in [3.8, 4) is 5.75 Å². The van der Waals surface area contributed by atoms with E-state index in [0.717, 1.165) is 22.7 Å². The number of hydrogen-bond donors (Lipinski definition) is 2. The number of anilines is 2. The van der Waals surface area contributed by atoms with E-state index >= 15 is 0 Å². The minimum atomic E-state index is -0.124. The van der Waals surface area contributed by atoms with Crippen LogP contribution >= 0.6 is 0 Å². The fourth-order valence-corrected chi connectivity index (χ4v) is 3.69. The molecule has 0 aromatic heterocycles. The van der Waals surface area contributed by atoms with Crippen LogP contribution in [-0.4, -0.2) is 29.9 Å². The zero-order chi connectivity index (χ0) is 22.2. The van der Waals surface area contributed by atoms with Crippen LogP contribution < -0.4 is 15.4 Å². The van der Waals surface area contributed by atoms with Crippen LogP contribution in [0.2, 0.25) is 0 Å². The number of ether oxygens (including phenoxy) is 1. The molecule has 3 aromatic rings. The van der Waals surface area contributed by atoms with E-state index in [1.165, 1.54) is 0 Å². The van der Waals surface area contributed by atoms with Gasteiger partial charge in [0.15, 0.2) is 0 Å². The summed E-state index contributed by atoms with van der Waals surface area (Å²) in [7, 11) is 0. The van der Waals surface area contributed by atoms with Crippen LogP contribution in [0.25, 0.3) is 0 Å². The molecule has 1 aliphatic heterocycles. The van der Waals surface area contributed by atoms with Gasteiger partial charge >= 0.3 is 6.03 Å². The highest BCUT2D eigenvalue weighted by atomic mass is 16.5. The molecule has 6 heteroatoms. The second-order valence-corrected chi connectivity index (χ2v) is 7.85. The van der Waals surface area contributed by atoms with E-state index < -0.39 is 0 Å². The van der Waals surface area contributed by atoms with Gasteiger partial charge in [-0.1, -0.05) is 48.5 Å². The van der Waals surface area contributed by atoms with Crippen LogP contribution in [0.15, 0.2) is 84.9 Å². The van der Waals surface area contributed by atoms with Gasteiger partial charge in [0.25, 0.3) is 0 Å². The van der Waals surface area contributed by atoms with Crippen molar-refractivity contribution in [2.45, 2.75) is 19.4 Å². The first-order valence-corrected chi connectivity index (χ1v) is 10.9. The summed E-state index contributed by atoms with van der Waals surface area (Å²) in [6, 6.07) is 26.7. The molecule has 0 spiro atoms. The summed E-state index contributed by atoms with van der Waals surface area (Å²) < 4.78 is 5.79. The number of hydrogen-bond acceptors (Lipinski definition) is 3. The van der Waals surface area contributed by atoms with Gasteiger partial charge < -0.3 is 20.3 Å². The normalized spacial score (nSPS) is 13.9. The number of para-hydroxylation sites is 1. The van der Waals surface area contributed by atoms with Crippen molar-refractivity contribution in [2.75, 3.05) is 23.7 Å². The smallest absolute Gasteiger partial charge is 0.321 e. The number of benzene rings is 3. The summed E-state index contributed by atoms with van der Waals surface area (Å²) in [6.45, 7) is 1.62. The molecule has 164 valence electrons. The molecular formula is C26H27N3O3. The molecule has 3 amide bonds. The highest BCUT2D eigenvalue weighted by molar-refractivity contribution is 5.93. The third-order valence-corrected chi connectivity index (χ3v) is 5.55. The first-order chi connectivity index (χ1) is 15.7. The Balaban J connectivity index is 1.22. The molecule has 2 N–H and O–H groups in total. The Kier molecular flexibility index (Phi) is 7.02. The molecule has 6 nitrogen and oxygen atoms in total. The fourth-order valence-electron chi connectivity index (χ4n) is 3.69. The van der Waals surface area contributed by atoms with Crippen LogP contribution in [0, 0.1) is 5.92 Å². The zero-order valence-electron chi connectivity index (χ0n) is 17.9. The van der Waals surface area contributed by atoms with E-state index in [1.807, 2.05) is 84.9 Å². The average Bonchev–Trinajstić information content (AvgIpc) is 2.85. The summed E-state index contributed by atoms with van der Waals surface area (Å²) in [4.78, 5) is 26.8. The monoisotopic (exact) mass is 429 g/mol. The predicted octanol–water partition coefficient (Wildman–Crippen LogP) is 5.15. The predicted molar refractivity (Wildman–Crippen MR) is 126 cm³/mol. The van der Waals surface area contributed by atoms with E-state index in [0.29, 0.717) is 32.5 Å². The van der Waals surface area contributed by atoms with Crippen LogP contribution in [0.3, 0.4) is 0 Å². The molecule has 32 heavy (non-hydrogen) atoms. The SMILES string of the molecule is O=C(Nc1ccc(OCc2ccccc2)cc1)C1CCN(C(=O)Nc2ccccc2)CC1. The molecule has 1 fully saturated rings. The van der Waals surface area contributed by atoms with E-state index in [1.54, 1.807) is 4.90 Å². The van der Waals surface area contributed by atoms with Gasteiger partial charge in [-0.05, 0) is 54.8 Å². The third kappa shape index (κ3) is 5.88.